The quantitative estimate of drug-likeness (QED) is 0.570. The van der Waals surface area contributed by atoms with Gasteiger partial charge in [0.15, 0.2) is 11.5 Å². The summed E-state index contributed by atoms with van der Waals surface area (Å²) in [7, 11) is 3.13. The van der Waals surface area contributed by atoms with Crippen molar-refractivity contribution in [3.63, 3.8) is 0 Å². The maximum absolute atomic E-state index is 12.9. The maximum atomic E-state index is 12.9. The number of rotatable bonds is 7. The highest BCUT2D eigenvalue weighted by Crippen LogP contribution is 2.31. The second-order valence-electron chi connectivity index (χ2n) is 6.38. The van der Waals surface area contributed by atoms with E-state index in [2.05, 4.69) is 10.1 Å². The molecule has 1 amide bonds. The van der Waals surface area contributed by atoms with E-state index in [1.165, 1.54) is 0 Å². The van der Waals surface area contributed by atoms with Gasteiger partial charge < -0.3 is 18.9 Å². The fourth-order valence-corrected chi connectivity index (χ4v) is 3.18. The van der Waals surface area contributed by atoms with Gasteiger partial charge in [-0.1, -0.05) is 22.8 Å². The molecule has 0 radical (unpaired) electrons. The van der Waals surface area contributed by atoms with E-state index >= 15 is 0 Å². The zero-order chi connectivity index (χ0) is 21.0. The molecule has 152 valence electrons. The molecular weight excluding hydrogens is 394 g/mol. The lowest BCUT2D eigenvalue weighted by Gasteiger charge is -2.19. The molecule has 2 aromatic carbocycles. The number of ether oxygens (including phenoxy) is 2. The van der Waals surface area contributed by atoms with Gasteiger partial charge in [-0.15, -0.1) is 0 Å². The highest BCUT2D eigenvalue weighted by atomic mass is 35.5. The van der Waals surface area contributed by atoms with Gasteiger partial charge in [0, 0.05) is 12.1 Å². The predicted octanol–water partition coefficient (Wildman–Crippen LogP) is 4.38. The van der Waals surface area contributed by atoms with Crippen molar-refractivity contribution in [2.75, 3.05) is 20.8 Å². The number of carbonyl (C=O) groups is 1. The van der Waals surface area contributed by atoms with E-state index in [4.69, 9.17) is 25.6 Å². The van der Waals surface area contributed by atoms with Crippen LogP contribution in [0.3, 0.4) is 0 Å². The van der Waals surface area contributed by atoms with E-state index in [-0.39, 0.29) is 12.5 Å². The van der Waals surface area contributed by atoms with Gasteiger partial charge in [-0.2, -0.15) is 4.98 Å². The first-order chi connectivity index (χ1) is 14.0. The number of halogens is 1. The third-order valence-corrected chi connectivity index (χ3v) is 4.77. The summed E-state index contributed by atoms with van der Waals surface area (Å²) in [5.74, 6) is 1.71. The van der Waals surface area contributed by atoms with Crippen molar-refractivity contribution in [3.8, 4) is 22.9 Å². The zero-order valence-corrected chi connectivity index (χ0v) is 17.5. The predicted molar refractivity (Wildman–Crippen MR) is 109 cm³/mol. The normalized spacial score (nSPS) is 10.7. The molecule has 0 bridgehead atoms. The molecule has 0 saturated carbocycles. The molecule has 0 fully saturated rings. The fraction of sp³-hybridized carbons (Fsp3) is 0.286. The van der Waals surface area contributed by atoms with Gasteiger partial charge in [-0.05, 0) is 49.7 Å². The Morgan fingerprint density at radius 2 is 1.90 bits per heavy atom. The molecule has 0 spiro atoms. The molecule has 1 aromatic heterocycles. The number of benzene rings is 2. The number of amides is 1. The topological polar surface area (TPSA) is 77.7 Å². The van der Waals surface area contributed by atoms with Gasteiger partial charge in [0.25, 0.3) is 5.91 Å². The average molecular weight is 416 g/mol. The third-order valence-electron chi connectivity index (χ3n) is 4.46. The SMILES string of the molecule is CCN(Cc1nc(-c2ccc(OC)c(OC)c2)no1)C(=O)c1ccc(C)cc1Cl. The van der Waals surface area contributed by atoms with Crippen LogP contribution in [0.4, 0.5) is 0 Å². The summed E-state index contributed by atoms with van der Waals surface area (Å²) < 4.78 is 15.9. The number of hydrogen-bond donors (Lipinski definition) is 0. The van der Waals surface area contributed by atoms with Crippen LogP contribution in [-0.2, 0) is 6.54 Å². The van der Waals surface area contributed by atoms with Gasteiger partial charge in [-0.3, -0.25) is 4.79 Å². The van der Waals surface area contributed by atoms with Crippen molar-refractivity contribution in [2.24, 2.45) is 0 Å². The van der Waals surface area contributed by atoms with Crippen LogP contribution in [0.15, 0.2) is 40.9 Å². The molecule has 1 heterocycles. The number of methoxy groups -OCH3 is 2. The molecule has 0 atom stereocenters. The summed E-state index contributed by atoms with van der Waals surface area (Å²) in [6.45, 7) is 4.45. The number of hydrogen-bond acceptors (Lipinski definition) is 6. The van der Waals surface area contributed by atoms with Gasteiger partial charge in [0.2, 0.25) is 11.7 Å². The molecule has 3 rings (SSSR count). The summed E-state index contributed by atoms with van der Waals surface area (Å²) in [4.78, 5) is 18.9. The Bertz CT molecular complexity index is 1020. The Hall–Kier alpha value is -3.06. The van der Waals surface area contributed by atoms with Crippen LogP contribution in [-0.4, -0.2) is 41.7 Å². The molecule has 0 aliphatic carbocycles. The van der Waals surface area contributed by atoms with E-state index in [1.807, 2.05) is 26.0 Å². The smallest absolute Gasteiger partial charge is 0.255 e. The highest BCUT2D eigenvalue weighted by Gasteiger charge is 2.20. The van der Waals surface area contributed by atoms with E-state index in [1.54, 1.807) is 43.4 Å². The van der Waals surface area contributed by atoms with Crippen molar-refractivity contribution in [1.29, 1.82) is 0 Å². The minimum absolute atomic E-state index is 0.180. The molecule has 7 nitrogen and oxygen atoms in total. The van der Waals surface area contributed by atoms with Crippen LogP contribution >= 0.6 is 11.6 Å². The molecular formula is C21H22ClN3O4. The minimum atomic E-state index is -0.191. The Morgan fingerprint density at radius 1 is 1.14 bits per heavy atom. The minimum Gasteiger partial charge on any atom is -0.493 e. The molecule has 0 saturated heterocycles. The van der Waals surface area contributed by atoms with Crippen LogP contribution < -0.4 is 9.47 Å². The molecule has 0 unspecified atom stereocenters. The number of carbonyl (C=O) groups excluding carboxylic acids is 1. The van der Waals surface area contributed by atoms with Crippen molar-refractivity contribution >= 4 is 17.5 Å². The number of aromatic nitrogens is 2. The highest BCUT2D eigenvalue weighted by molar-refractivity contribution is 6.33. The average Bonchev–Trinajstić information content (AvgIpc) is 3.19. The summed E-state index contributed by atoms with van der Waals surface area (Å²) in [5, 5.41) is 4.44. The van der Waals surface area contributed by atoms with Crippen molar-refractivity contribution in [3.05, 3.63) is 58.4 Å². The summed E-state index contributed by atoms with van der Waals surface area (Å²) in [6.07, 6.45) is 0. The van der Waals surface area contributed by atoms with Crippen LogP contribution in [0, 0.1) is 6.92 Å². The van der Waals surface area contributed by atoms with Crippen LogP contribution in [0.25, 0.3) is 11.4 Å². The standard InChI is InChI=1S/C21H22ClN3O4/c1-5-25(21(26)15-8-6-13(2)10-16(15)22)12-19-23-20(24-29-19)14-7-9-17(27-3)18(11-14)28-4/h6-11H,5,12H2,1-4H3. The Morgan fingerprint density at radius 3 is 2.55 bits per heavy atom. The lowest BCUT2D eigenvalue weighted by atomic mass is 10.1. The van der Waals surface area contributed by atoms with Crippen molar-refractivity contribution < 1.29 is 18.8 Å². The molecule has 0 N–H and O–H groups in total. The monoisotopic (exact) mass is 415 g/mol. The van der Waals surface area contributed by atoms with Crippen LogP contribution in [0.5, 0.6) is 11.5 Å². The van der Waals surface area contributed by atoms with Gasteiger partial charge in [0.05, 0.1) is 24.8 Å². The second kappa shape index (κ2) is 8.96. The van der Waals surface area contributed by atoms with Gasteiger partial charge in [-0.25, -0.2) is 0 Å². The van der Waals surface area contributed by atoms with Gasteiger partial charge in [0.1, 0.15) is 6.54 Å². The molecule has 29 heavy (non-hydrogen) atoms. The van der Waals surface area contributed by atoms with Gasteiger partial charge >= 0.3 is 0 Å². The number of aryl methyl sites for hydroxylation is 1. The largest absolute Gasteiger partial charge is 0.493 e. The first-order valence-electron chi connectivity index (χ1n) is 9.07. The van der Waals surface area contributed by atoms with Crippen molar-refractivity contribution in [2.45, 2.75) is 20.4 Å². The summed E-state index contributed by atoms with van der Waals surface area (Å²) in [5.41, 5.74) is 2.15. The van der Waals surface area contributed by atoms with E-state index in [0.717, 1.165) is 5.56 Å². The first-order valence-corrected chi connectivity index (χ1v) is 9.45. The van der Waals surface area contributed by atoms with Crippen LogP contribution in [0.1, 0.15) is 28.7 Å². The molecule has 3 aromatic rings. The Labute approximate surface area is 174 Å². The third kappa shape index (κ3) is 4.51. The van der Waals surface area contributed by atoms with E-state index in [9.17, 15) is 4.79 Å². The first kappa shape index (κ1) is 20.7. The fourth-order valence-electron chi connectivity index (χ4n) is 2.87. The lowest BCUT2D eigenvalue weighted by molar-refractivity contribution is 0.0734. The second-order valence-corrected chi connectivity index (χ2v) is 6.79. The van der Waals surface area contributed by atoms with Crippen molar-refractivity contribution in [1.82, 2.24) is 15.0 Å². The Balaban J connectivity index is 1.80. The van der Waals surface area contributed by atoms with Crippen LogP contribution in [0.2, 0.25) is 5.02 Å². The summed E-state index contributed by atoms with van der Waals surface area (Å²) >= 11 is 6.24. The maximum Gasteiger partial charge on any atom is 0.255 e. The summed E-state index contributed by atoms with van der Waals surface area (Å²) in [6, 6.07) is 10.7. The molecule has 0 aliphatic heterocycles. The lowest BCUT2D eigenvalue weighted by Crippen LogP contribution is -2.30. The van der Waals surface area contributed by atoms with E-state index in [0.29, 0.717) is 45.9 Å². The molecule has 8 heteroatoms. The Kier molecular flexibility index (Phi) is 6.39. The van der Waals surface area contributed by atoms with E-state index < -0.39 is 0 Å². The number of nitrogens with zero attached hydrogens (tertiary/aromatic N) is 3. The zero-order valence-electron chi connectivity index (χ0n) is 16.7. The molecule has 0 aliphatic rings.